The third kappa shape index (κ3) is 2.10. The minimum atomic E-state index is -0.0210. The normalized spacial score (nSPS) is 13.3. The van der Waals surface area contributed by atoms with Crippen LogP contribution in [-0.2, 0) is 11.2 Å². The molecule has 1 N–H and O–H groups in total. The van der Waals surface area contributed by atoms with E-state index in [0.29, 0.717) is 11.4 Å². The van der Waals surface area contributed by atoms with Gasteiger partial charge in [-0.15, -0.1) is 0 Å². The Labute approximate surface area is 116 Å². The maximum absolute atomic E-state index is 12.0. The zero-order valence-electron chi connectivity index (χ0n) is 10.7. The third-order valence-electron chi connectivity index (χ3n) is 3.29. The van der Waals surface area contributed by atoms with Crippen molar-refractivity contribution in [2.24, 2.45) is 0 Å². The molecule has 4 heteroatoms. The van der Waals surface area contributed by atoms with Crippen LogP contribution < -0.4 is 5.32 Å². The van der Waals surface area contributed by atoms with E-state index in [4.69, 9.17) is 11.6 Å². The summed E-state index contributed by atoms with van der Waals surface area (Å²) in [6.07, 6.45) is 0.336. The molecule has 0 fully saturated rings. The van der Waals surface area contributed by atoms with E-state index in [-0.39, 0.29) is 5.91 Å². The Bertz CT molecular complexity index is 695. The lowest BCUT2D eigenvalue weighted by atomic mass is 9.96. The minimum Gasteiger partial charge on any atom is -0.325 e. The maximum Gasteiger partial charge on any atom is 0.228 e. The lowest BCUT2D eigenvalue weighted by molar-refractivity contribution is -0.115. The van der Waals surface area contributed by atoms with Crippen LogP contribution in [-0.4, -0.2) is 10.9 Å². The van der Waals surface area contributed by atoms with Crippen LogP contribution in [0.25, 0.3) is 11.1 Å². The smallest absolute Gasteiger partial charge is 0.228 e. The van der Waals surface area contributed by atoms with Gasteiger partial charge >= 0.3 is 0 Å². The number of hydrogen-bond donors (Lipinski definition) is 1. The van der Waals surface area contributed by atoms with Crippen molar-refractivity contribution in [2.45, 2.75) is 20.3 Å². The molecular formula is C15H13ClN2O. The summed E-state index contributed by atoms with van der Waals surface area (Å²) in [4.78, 5) is 16.5. The molecular weight excluding hydrogens is 260 g/mol. The van der Waals surface area contributed by atoms with Crippen molar-refractivity contribution < 1.29 is 4.79 Å². The Morgan fingerprint density at radius 1 is 1.26 bits per heavy atom. The van der Waals surface area contributed by atoms with Crippen LogP contribution in [0.4, 0.5) is 5.69 Å². The summed E-state index contributed by atoms with van der Waals surface area (Å²) in [5, 5.41) is 3.59. The Hall–Kier alpha value is -1.87. The average Bonchev–Trinajstić information content (AvgIpc) is 2.43. The van der Waals surface area contributed by atoms with Gasteiger partial charge in [0.15, 0.2) is 0 Å². The number of anilines is 1. The van der Waals surface area contributed by atoms with E-state index in [9.17, 15) is 4.79 Å². The summed E-state index contributed by atoms with van der Waals surface area (Å²) in [7, 11) is 0. The molecule has 1 aromatic carbocycles. The summed E-state index contributed by atoms with van der Waals surface area (Å²) in [6, 6.07) is 7.56. The van der Waals surface area contributed by atoms with Crippen LogP contribution in [0.15, 0.2) is 24.3 Å². The number of amides is 1. The van der Waals surface area contributed by atoms with Gasteiger partial charge in [-0.3, -0.25) is 9.78 Å². The highest BCUT2D eigenvalue weighted by Gasteiger charge is 2.21. The molecule has 0 saturated heterocycles. The van der Waals surface area contributed by atoms with Gasteiger partial charge in [-0.1, -0.05) is 17.7 Å². The van der Waals surface area contributed by atoms with Gasteiger partial charge in [0.1, 0.15) is 0 Å². The first-order valence-electron chi connectivity index (χ1n) is 6.11. The van der Waals surface area contributed by atoms with Crippen LogP contribution in [0.3, 0.4) is 0 Å². The number of rotatable bonds is 0. The molecule has 2 heterocycles. The molecule has 3 rings (SSSR count). The molecule has 0 atom stereocenters. The molecule has 0 bridgehead atoms. The minimum absolute atomic E-state index is 0.0210. The molecule has 1 aliphatic rings. The van der Waals surface area contributed by atoms with Gasteiger partial charge in [0.2, 0.25) is 5.91 Å². The van der Waals surface area contributed by atoms with Crippen molar-refractivity contribution in [2.75, 3.05) is 5.32 Å². The van der Waals surface area contributed by atoms with Crippen LogP contribution in [0.1, 0.15) is 17.0 Å². The Morgan fingerprint density at radius 3 is 2.84 bits per heavy atom. The highest BCUT2D eigenvalue weighted by Crippen LogP contribution is 2.37. The second-order valence-corrected chi connectivity index (χ2v) is 5.23. The van der Waals surface area contributed by atoms with Crippen LogP contribution in [0.2, 0.25) is 5.02 Å². The number of hydrogen-bond acceptors (Lipinski definition) is 2. The van der Waals surface area contributed by atoms with Crippen LogP contribution in [0.5, 0.6) is 0 Å². The number of nitrogens with zero attached hydrogens (tertiary/aromatic N) is 1. The second kappa shape index (κ2) is 4.35. The first-order valence-corrected chi connectivity index (χ1v) is 6.49. The van der Waals surface area contributed by atoms with Crippen molar-refractivity contribution in [3.63, 3.8) is 0 Å². The van der Waals surface area contributed by atoms with Crippen molar-refractivity contribution in [3.8, 4) is 11.1 Å². The molecule has 19 heavy (non-hydrogen) atoms. The summed E-state index contributed by atoms with van der Waals surface area (Å²) in [5.41, 5.74) is 5.61. The van der Waals surface area contributed by atoms with Gasteiger partial charge in [-0.2, -0.15) is 0 Å². The first kappa shape index (κ1) is 12.2. The number of carbonyl (C=O) groups excluding carboxylic acids is 1. The largest absolute Gasteiger partial charge is 0.325 e. The quantitative estimate of drug-likeness (QED) is 0.797. The van der Waals surface area contributed by atoms with E-state index in [0.717, 1.165) is 33.8 Å². The molecule has 0 aliphatic carbocycles. The van der Waals surface area contributed by atoms with Crippen molar-refractivity contribution in [1.29, 1.82) is 0 Å². The van der Waals surface area contributed by atoms with Crippen molar-refractivity contribution >= 4 is 23.2 Å². The van der Waals surface area contributed by atoms with Crippen molar-refractivity contribution in [1.82, 2.24) is 4.98 Å². The van der Waals surface area contributed by atoms with Crippen LogP contribution >= 0.6 is 11.6 Å². The number of aryl methyl sites for hydroxylation is 2. The number of benzene rings is 1. The summed E-state index contributed by atoms with van der Waals surface area (Å²) >= 11 is 6.02. The van der Waals surface area contributed by atoms with E-state index in [1.54, 1.807) is 0 Å². The summed E-state index contributed by atoms with van der Waals surface area (Å²) < 4.78 is 0. The van der Waals surface area contributed by atoms with E-state index < -0.39 is 0 Å². The average molecular weight is 273 g/mol. The molecule has 0 radical (unpaired) electrons. The lowest BCUT2D eigenvalue weighted by Crippen LogP contribution is -2.13. The highest BCUT2D eigenvalue weighted by atomic mass is 35.5. The van der Waals surface area contributed by atoms with Gasteiger partial charge < -0.3 is 5.32 Å². The number of carbonyl (C=O) groups is 1. The van der Waals surface area contributed by atoms with E-state index in [2.05, 4.69) is 10.3 Å². The molecule has 0 unspecified atom stereocenters. The fraction of sp³-hybridized carbons (Fsp3) is 0.200. The SMILES string of the molecule is Cc1cc2c(c(C)n1)-c1ccc(Cl)cc1CC(=O)N2. The van der Waals surface area contributed by atoms with Gasteiger partial charge in [0.05, 0.1) is 12.1 Å². The van der Waals surface area contributed by atoms with Gasteiger partial charge in [0.25, 0.3) is 0 Å². The predicted molar refractivity (Wildman–Crippen MR) is 76.5 cm³/mol. The number of aromatic nitrogens is 1. The molecule has 1 amide bonds. The maximum atomic E-state index is 12.0. The van der Waals surface area contributed by atoms with Gasteiger partial charge in [-0.25, -0.2) is 0 Å². The third-order valence-corrected chi connectivity index (χ3v) is 3.53. The molecule has 0 saturated carbocycles. The topological polar surface area (TPSA) is 42.0 Å². The zero-order chi connectivity index (χ0) is 13.6. The zero-order valence-corrected chi connectivity index (χ0v) is 11.5. The molecule has 0 spiro atoms. The lowest BCUT2D eigenvalue weighted by Gasteiger charge is -2.12. The number of nitrogens with one attached hydrogen (secondary N) is 1. The van der Waals surface area contributed by atoms with E-state index >= 15 is 0 Å². The molecule has 2 aromatic rings. The van der Waals surface area contributed by atoms with E-state index in [1.165, 1.54) is 0 Å². The number of pyridine rings is 1. The van der Waals surface area contributed by atoms with E-state index in [1.807, 2.05) is 38.1 Å². The first-order chi connectivity index (χ1) is 9.04. The Kier molecular flexibility index (Phi) is 2.79. The second-order valence-electron chi connectivity index (χ2n) is 4.80. The summed E-state index contributed by atoms with van der Waals surface area (Å²) in [5.74, 6) is -0.0210. The molecule has 96 valence electrons. The Morgan fingerprint density at radius 2 is 2.05 bits per heavy atom. The Balaban J connectivity index is 2.34. The predicted octanol–water partition coefficient (Wildman–Crippen LogP) is 3.51. The molecule has 3 nitrogen and oxygen atoms in total. The number of fused-ring (bicyclic) bond motifs is 3. The fourth-order valence-electron chi connectivity index (χ4n) is 2.59. The van der Waals surface area contributed by atoms with Crippen LogP contribution in [0, 0.1) is 13.8 Å². The standard InChI is InChI=1S/C15H13ClN2O/c1-8-5-13-15(9(2)17-8)12-4-3-11(16)6-10(12)7-14(19)18-13/h3-6H,7H2,1-2H3,(H,18,19). The molecule has 1 aromatic heterocycles. The van der Waals surface area contributed by atoms with Crippen molar-refractivity contribution in [3.05, 3.63) is 46.2 Å². The molecule has 1 aliphatic heterocycles. The number of halogens is 1. The van der Waals surface area contributed by atoms with Gasteiger partial charge in [-0.05, 0) is 43.2 Å². The fourth-order valence-corrected chi connectivity index (χ4v) is 2.78. The highest BCUT2D eigenvalue weighted by molar-refractivity contribution is 6.30. The van der Waals surface area contributed by atoms with Gasteiger partial charge in [0, 0.05) is 22.0 Å². The monoisotopic (exact) mass is 272 g/mol. The summed E-state index contributed by atoms with van der Waals surface area (Å²) in [6.45, 7) is 3.88.